The Morgan fingerprint density at radius 3 is 3.19 bits per heavy atom. The average molecular weight is 305 g/mol. The van der Waals surface area contributed by atoms with Crippen molar-refractivity contribution in [2.45, 2.75) is 26.0 Å². The van der Waals surface area contributed by atoms with Crippen LogP contribution in [0.15, 0.2) is 29.8 Å². The largest absolute Gasteiger partial charge is 0.375 e. The molecule has 6 heteroatoms. The molecule has 5 nitrogen and oxygen atoms in total. The summed E-state index contributed by atoms with van der Waals surface area (Å²) < 4.78 is 7.31. The minimum atomic E-state index is 0.109. The van der Waals surface area contributed by atoms with Gasteiger partial charge in [0.25, 0.3) is 0 Å². The number of aromatic nitrogens is 2. The molecule has 1 aliphatic rings. The Morgan fingerprint density at radius 1 is 1.52 bits per heavy atom. The number of amides is 1. The SMILES string of the molecule is CCC1CN(C(=O)Cn2ccc(-c3cccs3)n2)CCO1. The van der Waals surface area contributed by atoms with Crippen LogP contribution in [0.2, 0.25) is 0 Å². The van der Waals surface area contributed by atoms with Crippen molar-refractivity contribution in [3.8, 4) is 10.6 Å². The number of carbonyl (C=O) groups is 1. The Balaban J connectivity index is 1.62. The fourth-order valence-electron chi connectivity index (χ4n) is 2.44. The van der Waals surface area contributed by atoms with Gasteiger partial charge in [0, 0.05) is 19.3 Å². The van der Waals surface area contributed by atoms with Gasteiger partial charge in [-0.3, -0.25) is 9.48 Å². The van der Waals surface area contributed by atoms with E-state index in [1.165, 1.54) is 0 Å². The Bertz CT molecular complexity index is 594. The van der Waals surface area contributed by atoms with Crippen molar-refractivity contribution in [1.29, 1.82) is 0 Å². The molecule has 1 saturated heterocycles. The number of thiophene rings is 1. The molecule has 112 valence electrons. The van der Waals surface area contributed by atoms with Gasteiger partial charge in [-0.1, -0.05) is 13.0 Å². The second kappa shape index (κ2) is 6.41. The summed E-state index contributed by atoms with van der Waals surface area (Å²) >= 11 is 1.65. The molecule has 1 aliphatic heterocycles. The maximum absolute atomic E-state index is 12.3. The number of hydrogen-bond acceptors (Lipinski definition) is 4. The van der Waals surface area contributed by atoms with Crippen LogP contribution in [0.5, 0.6) is 0 Å². The summed E-state index contributed by atoms with van der Waals surface area (Å²) in [5, 5.41) is 6.50. The van der Waals surface area contributed by atoms with Crippen molar-refractivity contribution in [1.82, 2.24) is 14.7 Å². The number of nitrogens with zero attached hydrogens (tertiary/aromatic N) is 3. The Kier molecular flexibility index (Phi) is 4.36. The summed E-state index contributed by atoms with van der Waals surface area (Å²) in [6.45, 7) is 4.37. The van der Waals surface area contributed by atoms with E-state index < -0.39 is 0 Å². The highest BCUT2D eigenvalue weighted by Gasteiger charge is 2.23. The van der Waals surface area contributed by atoms with Crippen molar-refractivity contribution in [2.75, 3.05) is 19.7 Å². The van der Waals surface area contributed by atoms with Crippen molar-refractivity contribution in [3.63, 3.8) is 0 Å². The van der Waals surface area contributed by atoms with E-state index in [0.29, 0.717) is 26.2 Å². The molecular weight excluding hydrogens is 286 g/mol. The van der Waals surface area contributed by atoms with Crippen LogP contribution in [-0.4, -0.2) is 46.4 Å². The fourth-order valence-corrected chi connectivity index (χ4v) is 3.13. The molecule has 3 heterocycles. The van der Waals surface area contributed by atoms with Crippen LogP contribution in [0.3, 0.4) is 0 Å². The normalized spacial score (nSPS) is 18.9. The lowest BCUT2D eigenvalue weighted by atomic mass is 10.2. The lowest BCUT2D eigenvalue weighted by Gasteiger charge is -2.32. The summed E-state index contributed by atoms with van der Waals surface area (Å²) in [5.74, 6) is 0.109. The molecule has 0 bridgehead atoms. The summed E-state index contributed by atoms with van der Waals surface area (Å²) in [6, 6.07) is 5.99. The van der Waals surface area contributed by atoms with Crippen LogP contribution in [0.4, 0.5) is 0 Å². The summed E-state index contributed by atoms with van der Waals surface area (Å²) in [7, 11) is 0. The highest BCUT2D eigenvalue weighted by atomic mass is 32.1. The molecule has 2 aromatic rings. The second-order valence-electron chi connectivity index (χ2n) is 5.12. The third-order valence-corrected chi connectivity index (χ3v) is 4.55. The highest BCUT2D eigenvalue weighted by Crippen LogP contribution is 2.22. The number of hydrogen-bond donors (Lipinski definition) is 0. The topological polar surface area (TPSA) is 47.4 Å². The standard InChI is InChI=1S/C15H19N3O2S/c1-2-12-10-17(7-8-20-12)15(19)11-18-6-5-13(16-18)14-4-3-9-21-14/h3-6,9,12H,2,7-8,10-11H2,1H3. The van der Waals surface area contributed by atoms with Crippen LogP contribution in [0.1, 0.15) is 13.3 Å². The summed E-state index contributed by atoms with van der Waals surface area (Å²) in [6.07, 6.45) is 2.97. The predicted octanol–water partition coefficient (Wildman–Crippen LogP) is 2.25. The molecule has 21 heavy (non-hydrogen) atoms. The zero-order valence-corrected chi connectivity index (χ0v) is 12.9. The smallest absolute Gasteiger partial charge is 0.244 e. The first-order chi connectivity index (χ1) is 10.3. The number of carbonyl (C=O) groups excluding carboxylic acids is 1. The van der Waals surface area contributed by atoms with Gasteiger partial charge in [0.15, 0.2) is 0 Å². The Hall–Kier alpha value is -1.66. The quantitative estimate of drug-likeness (QED) is 0.870. The van der Waals surface area contributed by atoms with Crippen LogP contribution in [0, 0.1) is 0 Å². The van der Waals surface area contributed by atoms with Gasteiger partial charge in [-0.15, -0.1) is 11.3 Å². The van der Waals surface area contributed by atoms with Crippen molar-refractivity contribution in [3.05, 3.63) is 29.8 Å². The molecule has 1 fully saturated rings. The average Bonchev–Trinajstić information content (AvgIpc) is 3.18. The van der Waals surface area contributed by atoms with E-state index in [2.05, 4.69) is 12.0 Å². The third kappa shape index (κ3) is 3.33. The van der Waals surface area contributed by atoms with Gasteiger partial charge in [-0.2, -0.15) is 5.10 Å². The molecule has 0 spiro atoms. The molecular formula is C15H19N3O2S. The van der Waals surface area contributed by atoms with Gasteiger partial charge in [-0.05, 0) is 23.9 Å². The molecule has 1 unspecified atom stereocenters. The van der Waals surface area contributed by atoms with E-state index in [-0.39, 0.29) is 12.0 Å². The zero-order valence-electron chi connectivity index (χ0n) is 12.1. The minimum absolute atomic E-state index is 0.109. The molecule has 0 saturated carbocycles. The lowest BCUT2D eigenvalue weighted by Crippen LogP contribution is -2.46. The van der Waals surface area contributed by atoms with E-state index in [4.69, 9.17) is 4.74 Å². The van der Waals surface area contributed by atoms with Gasteiger partial charge >= 0.3 is 0 Å². The van der Waals surface area contributed by atoms with Gasteiger partial charge in [0.2, 0.25) is 5.91 Å². The zero-order chi connectivity index (χ0) is 14.7. The summed E-state index contributed by atoms with van der Waals surface area (Å²) in [4.78, 5) is 15.3. The molecule has 1 atom stereocenters. The minimum Gasteiger partial charge on any atom is -0.375 e. The van der Waals surface area contributed by atoms with E-state index in [1.807, 2.05) is 34.7 Å². The number of morpholine rings is 1. The van der Waals surface area contributed by atoms with Gasteiger partial charge in [0.05, 0.1) is 17.6 Å². The van der Waals surface area contributed by atoms with Crippen molar-refractivity contribution >= 4 is 17.2 Å². The van der Waals surface area contributed by atoms with Gasteiger partial charge in [-0.25, -0.2) is 0 Å². The lowest BCUT2D eigenvalue weighted by molar-refractivity contribution is -0.139. The van der Waals surface area contributed by atoms with Gasteiger partial charge in [0.1, 0.15) is 12.2 Å². The van der Waals surface area contributed by atoms with Crippen LogP contribution >= 0.6 is 11.3 Å². The highest BCUT2D eigenvalue weighted by molar-refractivity contribution is 7.13. The van der Waals surface area contributed by atoms with Crippen LogP contribution < -0.4 is 0 Å². The maximum Gasteiger partial charge on any atom is 0.244 e. The molecule has 2 aromatic heterocycles. The maximum atomic E-state index is 12.3. The van der Waals surface area contributed by atoms with E-state index in [0.717, 1.165) is 17.0 Å². The van der Waals surface area contributed by atoms with Crippen LogP contribution in [-0.2, 0) is 16.1 Å². The number of rotatable bonds is 4. The second-order valence-corrected chi connectivity index (χ2v) is 6.06. The van der Waals surface area contributed by atoms with Gasteiger partial charge < -0.3 is 9.64 Å². The first-order valence-corrected chi connectivity index (χ1v) is 8.11. The molecule has 3 rings (SSSR count). The molecule has 1 amide bonds. The van der Waals surface area contributed by atoms with Crippen molar-refractivity contribution < 1.29 is 9.53 Å². The van der Waals surface area contributed by atoms with E-state index in [9.17, 15) is 4.79 Å². The molecule has 0 aromatic carbocycles. The van der Waals surface area contributed by atoms with Crippen molar-refractivity contribution in [2.24, 2.45) is 0 Å². The number of ether oxygens (including phenoxy) is 1. The fraction of sp³-hybridized carbons (Fsp3) is 0.467. The Morgan fingerprint density at radius 2 is 2.43 bits per heavy atom. The predicted molar refractivity (Wildman–Crippen MR) is 82.2 cm³/mol. The summed E-state index contributed by atoms with van der Waals surface area (Å²) in [5.41, 5.74) is 0.922. The first-order valence-electron chi connectivity index (χ1n) is 7.23. The monoisotopic (exact) mass is 305 g/mol. The van der Waals surface area contributed by atoms with Crippen LogP contribution in [0.25, 0.3) is 10.6 Å². The van der Waals surface area contributed by atoms with E-state index >= 15 is 0 Å². The Labute approximate surface area is 128 Å². The first kappa shape index (κ1) is 14.3. The molecule has 0 aliphatic carbocycles. The molecule has 0 N–H and O–H groups in total. The molecule has 0 radical (unpaired) electrons. The van der Waals surface area contributed by atoms with E-state index in [1.54, 1.807) is 16.0 Å². The third-order valence-electron chi connectivity index (χ3n) is 3.66.